The molecule has 4 saturated carbocycles. The van der Waals surface area contributed by atoms with Crippen LogP contribution >= 0.6 is 0 Å². The predicted octanol–water partition coefficient (Wildman–Crippen LogP) is 3.10. The summed E-state index contributed by atoms with van der Waals surface area (Å²) in [6.45, 7) is 10.2. The molecule has 2 bridgehead atoms. The largest absolute Gasteiger partial charge is 0.392 e. The lowest BCUT2D eigenvalue weighted by Gasteiger charge is -2.55. The number of allylic oxidation sites excluding steroid dienone is 1. The van der Waals surface area contributed by atoms with Gasteiger partial charge in [0, 0.05) is 11.3 Å². The molecule has 128 valence electrons. The van der Waals surface area contributed by atoms with E-state index in [1.54, 1.807) is 0 Å². The van der Waals surface area contributed by atoms with Crippen molar-refractivity contribution in [3.8, 4) is 0 Å². The Morgan fingerprint density at radius 1 is 1.13 bits per heavy atom. The Morgan fingerprint density at radius 3 is 2.52 bits per heavy atom. The van der Waals surface area contributed by atoms with Crippen molar-refractivity contribution in [2.75, 3.05) is 0 Å². The predicted molar refractivity (Wildman–Crippen MR) is 88.7 cm³/mol. The number of hydrogen-bond acceptors (Lipinski definition) is 3. The van der Waals surface area contributed by atoms with Gasteiger partial charge in [-0.1, -0.05) is 26.0 Å². The summed E-state index contributed by atoms with van der Waals surface area (Å²) in [4.78, 5) is 13.1. The molecule has 2 N–H and O–H groups in total. The van der Waals surface area contributed by atoms with Crippen LogP contribution in [0.25, 0.3) is 0 Å². The first kappa shape index (κ1) is 15.8. The Morgan fingerprint density at radius 2 is 1.83 bits per heavy atom. The number of carbonyl (C=O) groups is 1. The van der Waals surface area contributed by atoms with Gasteiger partial charge in [-0.2, -0.15) is 0 Å². The summed E-state index contributed by atoms with van der Waals surface area (Å²) in [5, 5.41) is 21.3. The minimum atomic E-state index is -0.653. The summed E-state index contributed by atoms with van der Waals surface area (Å²) in [5.74, 6) is 1.15. The van der Waals surface area contributed by atoms with Crippen LogP contribution in [0.3, 0.4) is 0 Å². The number of hydrogen-bond donors (Lipinski definition) is 2. The van der Waals surface area contributed by atoms with Crippen molar-refractivity contribution in [1.29, 1.82) is 0 Å². The van der Waals surface area contributed by atoms with Crippen LogP contribution in [0, 0.1) is 34.5 Å². The highest BCUT2D eigenvalue weighted by Crippen LogP contribution is 2.67. The van der Waals surface area contributed by atoms with Crippen molar-refractivity contribution in [3.05, 3.63) is 12.2 Å². The first-order valence-corrected chi connectivity index (χ1v) is 9.22. The number of fused-ring (bicyclic) bond motifs is 2. The Labute approximate surface area is 139 Å². The quantitative estimate of drug-likeness (QED) is 0.675. The van der Waals surface area contributed by atoms with Crippen LogP contribution in [0.15, 0.2) is 12.2 Å². The molecule has 0 aliphatic heterocycles. The average molecular weight is 318 g/mol. The molecule has 4 aliphatic rings. The maximum absolute atomic E-state index is 13.1. The molecule has 0 radical (unpaired) electrons. The van der Waals surface area contributed by atoms with Gasteiger partial charge >= 0.3 is 0 Å². The highest BCUT2D eigenvalue weighted by atomic mass is 16.3. The van der Waals surface area contributed by atoms with Gasteiger partial charge < -0.3 is 10.2 Å². The molecule has 0 saturated heterocycles. The molecule has 3 heteroatoms. The normalized spacial score (nSPS) is 54.6. The molecule has 0 amide bonds. The van der Waals surface area contributed by atoms with E-state index in [0.717, 1.165) is 32.1 Å². The van der Waals surface area contributed by atoms with E-state index in [0.29, 0.717) is 18.3 Å². The van der Waals surface area contributed by atoms with E-state index in [4.69, 9.17) is 0 Å². The molecule has 4 rings (SSSR count). The third-order valence-corrected chi connectivity index (χ3v) is 8.10. The van der Waals surface area contributed by atoms with Gasteiger partial charge in [-0.25, -0.2) is 0 Å². The lowest BCUT2D eigenvalue weighted by molar-refractivity contribution is -0.151. The fraction of sp³-hybridized carbons (Fsp3) is 0.850. The van der Waals surface area contributed by atoms with E-state index < -0.39 is 17.1 Å². The number of aliphatic hydroxyl groups excluding tert-OH is 1. The Hall–Kier alpha value is -0.670. The molecule has 1 spiro atoms. The molecule has 23 heavy (non-hydrogen) atoms. The number of rotatable bonds is 0. The average Bonchev–Trinajstić information content (AvgIpc) is 2.65. The molecule has 4 aliphatic carbocycles. The summed E-state index contributed by atoms with van der Waals surface area (Å²) in [5.41, 5.74) is 0.0215. The molecule has 4 fully saturated rings. The topological polar surface area (TPSA) is 57.5 Å². The summed E-state index contributed by atoms with van der Waals surface area (Å²) >= 11 is 0. The Balaban J connectivity index is 1.73. The maximum Gasteiger partial charge on any atom is 0.144 e. The SMILES string of the molecule is C=C1C2CC(O)C(C)(C)C(=O)C2CC23CC(CCC12)C(C)(O)C3. The third-order valence-electron chi connectivity index (χ3n) is 8.10. The summed E-state index contributed by atoms with van der Waals surface area (Å²) in [7, 11) is 0. The van der Waals surface area contributed by atoms with E-state index in [2.05, 4.69) is 6.58 Å². The second-order valence-electron chi connectivity index (χ2n) is 9.76. The van der Waals surface area contributed by atoms with Crippen LogP contribution in [-0.4, -0.2) is 27.7 Å². The monoisotopic (exact) mass is 318 g/mol. The molecule has 7 unspecified atom stereocenters. The minimum absolute atomic E-state index is 0.00944. The van der Waals surface area contributed by atoms with Crippen molar-refractivity contribution in [1.82, 2.24) is 0 Å². The van der Waals surface area contributed by atoms with Crippen molar-refractivity contribution in [2.24, 2.45) is 34.5 Å². The van der Waals surface area contributed by atoms with Crippen molar-refractivity contribution >= 4 is 5.78 Å². The van der Waals surface area contributed by atoms with Crippen LogP contribution < -0.4 is 0 Å². The lowest BCUT2D eigenvalue weighted by Crippen LogP contribution is -2.55. The van der Waals surface area contributed by atoms with E-state index in [1.165, 1.54) is 5.57 Å². The van der Waals surface area contributed by atoms with Gasteiger partial charge in [-0.05, 0) is 68.6 Å². The summed E-state index contributed by atoms with van der Waals surface area (Å²) in [6, 6.07) is 0. The van der Waals surface area contributed by atoms with Crippen molar-refractivity contribution < 1.29 is 15.0 Å². The van der Waals surface area contributed by atoms with E-state index in [9.17, 15) is 15.0 Å². The van der Waals surface area contributed by atoms with Gasteiger partial charge in [0.1, 0.15) is 5.78 Å². The lowest BCUT2D eigenvalue weighted by atomic mass is 9.48. The van der Waals surface area contributed by atoms with Gasteiger partial charge in [-0.15, -0.1) is 0 Å². The van der Waals surface area contributed by atoms with Gasteiger partial charge in [0.2, 0.25) is 0 Å². The van der Waals surface area contributed by atoms with Crippen LogP contribution in [0.5, 0.6) is 0 Å². The smallest absolute Gasteiger partial charge is 0.144 e. The molecule has 0 aromatic rings. The van der Waals surface area contributed by atoms with Crippen LogP contribution in [0.1, 0.15) is 59.3 Å². The van der Waals surface area contributed by atoms with Gasteiger partial charge in [-0.3, -0.25) is 4.79 Å². The van der Waals surface area contributed by atoms with Crippen molar-refractivity contribution in [3.63, 3.8) is 0 Å². The van der Waals surface area contributed by atoms with Crippen LogP contribution in [-0.2, 0) is 4.79 Å². The second kappa shape index (κ2) is 4.49. The Bertz CT molecular complexity index is 575. The molecule has 7 atom stereocenters. The number of Topliss-reactive ketones (excluding diaryl/α,β-unsaturated/α-hetero) is 1. The zero-order chi connectivity index (χ0) is 16.8. The fourth-order valence-corrected chi connectivity index (χ4v) is 6.73. The number of aliphatic hydroxyl groups is 2. The van der Waals surface area contributed by atoms with Gasteiger partial charge in [0.15, 0.2) is 0 Å². The number of ketones is 1. The first-order chi connectivity index (χ1) is 10.6. The van der Waals surface area contributed by atoms with E-state index in [-0.39, 0.29) is 23.0 Å². The molecule has 3 nitrogen and oxygen atoms in total. The molecular weight excluding hydrogens is 288 g/mol. The van der Waals surface area contributed by atoms with Gasteiger partial charge in [0.25, 0.3) is 0 Å². The zero-order valence-electron chi connectivity index (χ0n) is 14.6. The minimum Gasteiger partial charge on any atom is -0.392 e. The van der Waals surface area contributed by atoms with Crippen LogP contribution in [0.2, 0.25) is 0 Å². The summed E-state index contributed by atoms with van der Waals surface area (Å²) in [6.07, 6.45) is 5.02. The molecule has 0 heterocycles. The second-order valence-corrected chi connectivity index (χ2v) is 9.76. The summed E-state index contributed by atoms with van der Waals surface area (Å²) < 4.78 is 0. The maximum atomic E-state index is 13.1. The fourth-order valence-electron chi connectivity index (χ4n) is 6.73. The molecule has 0 aromatic carbocycles. The highest BCUT2D eigenvalue weighted by molar-refractivity contribution is 5.88. The van der Waals surface area contributed by atoms with Gasteiger partial charge in [0.05, 0.1) is 11.7 Å². The van der Waals surface area contributed by atoms with Crippen LogP contribution in [0.4, 0.5) is 0 Å². The Kier molecular flexibility index (Phi) is 3.09. The first-order valence-electron chi connectivity index (χ1n) is 9.22. The highest BCUT2D eigenvalue weighted by Gasteiger charge is 2.64. The standard InChI is InChI=1S/C20H30O3/c1-11-13-7-16(21)18(2,3)17(22)14(13)9-20-8-12(5-6-15(11)20)19(4,23)10-20/h12-16,21,23H,1,5-10H2,2-4H3. The number of carbonyl (C=O) groups excluding carboxylic acids is 1. The molecule has 0 aromatic heterocycles. The van der Waals surface area contributed by atoms with Crippen molar-refractivity contribution in [2.45, 2.75) is 71.0 Å². The zero-order valence-corrected chi connectivity index (χ0v) is 14.6. The van der Waals surface area contributed by atoms with E-state index >= 15 is 0 Å². The third kappa shape index (κ3) is 1.93. The van der Waals surface area contributed by atoms with E-state index in [1.807, 2.05) is 20.8 Å². The molecular formula is C20H30O3.